The first-order valence-corrected chi connectivity index (χ1v) is 16.6. The van der Waals surface area contributed by atoms with Crippen molar-refractivity contribution in [1.82, 2.24) is 29.9 Å². The summed E-state index contributed by atoms with van der Waals surface area (Å²) in [5.74, 6) is 3.52. The Bertz CT molecular complexity index is 1990. The normalized spacial score (nSPS) is 11.5. The average molecular weight is 703 g/mol. The predicted octanol–water partition coefficient (Wildman–Crippen LogP) is 8.35. The first kappa shape index (κ1) is 36.6. The molecule has 0 saturated heterocycles. The van der Waals surface area contributed by atoms with E-state index in [1.165, 1.54) is 0 Å². The highest BCUT2D eigenvalue weighted by Crippen LogP contribution is 2.27. The molecule has 0 fully saturated rings. The molecule has 0 radical (unpaired) electrons. The topological polar surface area (TPSA) is 206 Å². The molecule has 0 aliphatic rings. The third-order valence-corrected chi connectivity index (χ3v) is 7.42. The van der Waals surface area contributed by atoms with Crippen LogP contribution in [0, 0.1) is 0 Å². The number of anilines is 8. The van der Waals surface area contributed by atoms with Crippen LogP contribution < -0.4 is 21.3 Å². The van der Waals surface area contributed by atoms with Crippen LogP contribution in [0.1, 0.15) is 58.6 Å². The molecule has 0 aliphatic carbocycles. The van der Waals surface area contributed by atoms with Gasteiger partial charge in [-0.05, 0) is 55.0 Å². The summed E-state index contributed by atoms with van der Waals surface area (Å²) < 4.78 is 0. The number of phenolic OH excluding ortho intramolecular Hbond substituents is 4. The summed E-state index contributed by atoms with van der Waals surface area (Å²) in [6, 6.07) is 26.9. The molecule has 52 heavy (non-hydrogen) atoms. The van der Waals surface area contributed by atoms with Gasteiger partial charge in [0.1, 0.15) is 34.6 Å². The first-order valence-electron chi connectivity index (χ1n) is 16.6. The van der Waals surface area contributed by atoms with Gasteiger partial charge in [-0.3, -0.25) is 0 Å². The molecule has 2 heterocycles. The third-order valence-electron chi connectivity index (χ3n) is 7.42. The Morgan fingerprint density at radius 3 is 1.08 bits per heavy atom. The Kier molecular flexibility index (Phi) is 11.5. The molecule has 4 aromatic carbocycles. The van der Waals surface area contributed by atoms with Crippen molar-refractivity contribution in [3.05, 3.63) is 109 Å². The van der Waals surface area contributed by atoms with E-state index in [0.29, 0.717) is 58.2 Å². The number of nitrogens with one attached hydrogen (secondary N) is 4. The number of hydrogen-bond donors (Lipinski definition) is 8. The van der Waals surface area contributed by atoms with Gasteiger partial charge in [0.25, 0.3) is 0 Å². The number of rotatable bonds is 10. The van der Waals surface area contributed by atoms with Crippen LogP contribution in [0.2, 0.25) is 0 Å². The quantitative estimate of drug-likeness (QED) is 0.0675. The number of nitrogens with zero attached hydrogens (tertiary/aromatic N) is 6. The van der Waals surface area contributed by atoms with Crippen molar-refractivity contribution in [3.8, 4) is 23.0 Å². The lowest BCUT2D eigenvalue weighted by Crippen LogP contribution is -2.19. The zero-order valence-electron chi connectivity index (χ0n) is 29.5. The van der Waals surface area contributed by atoms with E-state index in [1.54, 1.807) is 72.8 Å². The largest absolute Gasteiger partial charge is 0.508 e. The Hall–Kier alpha value is -6.70. The molecule has 0 aliphatic heterocycles. The Morgan fingerprint density at radius 2 is 0.808 bits per heavy atom. The van der Waals surface area contributed by atoms with Gasteiger partial charge < -0.3 is 41.7 Å². The second-order valence-electron chi connectivity index (χ2n) is 12.9. The van der Waals surface area contributed by atoms with Gasteiger partial charge in [0.2, 0.25) is 23.8 Å². The van der Waals surface area contributed by atoms with E-state index in [1.807, 2.05) is 52.0 Å². The minimum atomic E-state index is -0.284. The van der Waals surface area contributed by atoms with Gasteiger partial charge in [0.15, 0.2) is 0 Å². The van der Waals surface area contributed by atoms with Gasteiger partial charge in [-0.15, -0.1) is 0 Å². The van der Waals surface area contributed by atoms with Crippen molar-refractivity contribution in [2.75, 3.05) is 21.3 Å². The smallest absolute Gasteiger partial charge is 0.232 e. The highest BCUT2D eigenvalue weighted by molar-refractivity contribution is 5.61. The fourth-order valence-corrected chi connectivity index (χ4v) is 4.58. The van der Waals surface area contributed by atoms with E-state index in [9.17, 15) is 20.4 Å². The van der Waals surface area contributed by atoms with Crippen molar-refractivity contribution in [2.45, 2.75) is 52.4 Å². The molecule has 1 atom stereocenters. The SMILES string of the molecule is CC(C)(C)c1nc(Nc2cccc(O)c2)nc(Nc2cccc(O)c2)n1.CCC(C)c1nc(Nc2cccc(O)c2)nc(Nc2cccc(O)c2)n1. The average Bonchev–Trinajstić information content (AvgIpc) is 3.08. The molecule has 1 unspecified atom stereocenters. The van der Waals surface area contributed by atoms with Crippen molar-refractivity contribution >= 4 is 46.5 Å². The van der Waals surface area contributed by atoms with E-state index >= 15 is 0 Å². The predicted molar refractivity (Wildman–Crippen MR) is 203 cm³/mol. The summed E-state index contributed by atoms with van der Waals surface area (Å²) in [6.45, 7) is 10.2. The second-order valence-corrected chi connectivity index (χ2v) is 12.9. The Labute approximate surface area is 301 Å². The van der Waals surface area contributed by atoms with Crippen LogP contribution >= 0.6 is 0 Å². The van der Waals surface area contributed by atoms with E-state index in [0.717, 1.165) is 6.42 Å². The van der Waals surface area contributed by atoms with Crippen LogP contribution in [-0.2, 0) is 5.41 Å². The molecule has 268 valence electrons. The van der Waals surface area contributed by atoms with E-state index < -0.39 is 0 Å². The highest BCUT2D eigenvalue weighted by atomic mass is 16.3. The fourth-order valence-electron chi connectivity index (χ4n) is 4.58. The number of aromatic hydroxyl groups is 4. The zero-order chi connectivity index (χ0) is 37.3. The summed E-state index contributed by atoms with van der Waals surface area (Å²) in [4.78, 5) is 26.7. The van der Waals surface area contributed by atoms with Crippen LogP contribution in [0.3, 0.4) is 0 Å². The van der Waals surface area contributed by atoms with E-state index in [-0.39, 0.29) is 34.3 Å². The van der Waals surface area contributed by atoms with Gasteiger partial charge >= 0.3 is 0 Å². The third kappa shape index (κ3) is 10.6. The maximum atomic E-state index is 9.62. The standard InChI is InChI=1S/2C19H21N5O2/c1-19(2,3)16-22-17(20-12-6-4-8-14(25)10-12)24-18(23-16)21-13-7-5-9-15(26)11-13;1-3-12(2)17-22-18(20-13-6-4-8-15(25)10-13)24-19(23-17)21-14-7-5-9-16(26)11-14/h4-11,25-26H,1-3H3,(H2,20,21,22,23,24);4-12,25-26H,3H2,1-2H3,(H2,20,21,22,23,24). The maximum absolute atomic E-state index is 9.62. The minimum absolute atomic E-state index is 0.151. The molecule has 0 spiro atoms. The molecule has 0 amide bonds. The molecule has 0 bridgehead atoms. The molecule has 6 aromatic rings. The Morgan fingerprint density at radius 1 is 0.500 bits per heavy atom. The monoisotopic (exact) mass is 702 g/mol. The lowest BCUT2D eigenvalue weighted by atomic mass is 9.96. The highest BCUT2D eigenvalue weighted by Gasteiger charge is 2.20. The zero-order valence-corrected chi connectivity index (χ0v) is 29.5. The van der Waals surface area contributed by atoms with Gasteiger partial charge in [-0.2, -0.15) is 29.9 Å². The molecule has 2 aromatic heterocycles. The molecular formula is C38H42N10O4. The number of benzene rings is 4. The second kappa shape index (κ2) is 16.3. The van der Waals surface area contributed by atoms with Crippen molar-refractivity contribution in [2.24, 2.45) is 0 Å². The van der Waals surface area contributed by atoms with Crippen LogP contribution in [-0.4, -0.2) is 50.3 Å². The lowest BCUT2D eigenvalue weighted by Gasteiger charge is -2.18. The van der Waals surface area contributed by atoms with Crippen LogP contribution in [0.4, 0.5) is 46.5 Å². The molecule has 8 N–H and O–H groups in total. The summed E-state index contributed by atoms with van der Waals surface area (Å²) in [7, 11) is 0. The number of phenols is 4. The summed E-state index contributed by atoms with van der Waals surface area (Å²) >= 11 is 0. The minimum Gasteiger partial charge on any atom is -0.508 e. The summed E-state index contributed by atoms with van der Waals surface area (Å²) in [5.41, 5.74) is 2.40. The summed E-state index contributed by atoms with van der Waals surface area (Å²) in [5, 5.41) is 50.8. The van der Waals surface area contributed by atoms with Crippen LogP contribution in [0.15, 0.2) is 97.1 Å². The molecule has 14 heteroatoms. The summed E-state index contributed by atoms with van der Waals surface area (Å²) in [6.07, 6.45) is 0.890. The van der Waals surface area contributed by atoms with Crippen molar-refractivity contribution in [3.63, 3.8) is 0 Å². The number of hydrogen-bond acceptors (Lipinski definition) is 14. The van der Waals surface area contributed by atoms with Crippen LogP contribution in [0.5, 0.6) is 23.0 Å². The molecule has 14 nitrogen and oxygen atoms in total. The lowest BCUT2D eigenvalue weighted by molar-refractivity contribution is 0.475. The van der Waals surface area contributed by atoms with E-state index in [2.05, 4.69) is 58.1 Å². The number of aromatic nitrogens is 6. The molecular weight excluding hydrogens is 660 g/mol. The fraction of sp³-hybridized carbons (Fsp3) is 0.211. The molecule has 6 rings (SSSR count). The van der Waals surface area contributed by atoms with Gasteiger partial charge in [-0.1, -0.05) is 58.9 Å². The first-order chi connectivity index (χ1) is 24.8. The van der Waals surface area contributed by atoms with Crippen molar-refractivity contribution in [1.29, 1.82) is 0 Å². The van der Waals surface area contributed by atoms with E-state index in [4.69, 9.17) is 0 Å². The maximum Gasteiger partial charge on any atom is 0.232 e. The van der Waals surface area contributed by atoms with Gasteiger partial charge in [0.05, 0.1) is 0 Å². The van der Waals surface area contributed by atoms with Crippen molar-refractivity contribution < 1.29 is 20.4 Å². The van der Waals surface area contributed by atoms with Gasteiger partial charge in [0, 0.05) is 58.3 Å². The molecule has 0 saturated carbocycles. The Balaban J connectivity index is 0.000000201. The van der Waals surface area contributed by atoms with Crippen LogP contribution in [0.25, 0.3) is 0 Å². The van der Waals surface area contributed by atoms with Gasteiger partial charge in [-0.25, -0.2) is 0 Å².